The summed E-state index contributed by atoms with van der Waals surface area (Å²) in [5, 5.41) is 9.06. The molecule has 2 fully saturated rings. The molecule has 0 atom stereocenters. The zero-order valence-corrected chi connectivity index (χ0v) is 12.6. The molecular weight excluding hydrogens is 282 g/mol. The van der Waals surface area contributed by atoms with E-state index in [4.69, 9.17) is 5.11 Å². The van der Waals surface area contributed by atoms with Gasteiger partial charge in [0.05, 0.1) is 0 Å². The van der Waals surface area contributed by atoms with E-state index in [9.17, 15) is 9.59 Å². The van der Waals surface area contributed by atoms with Crippen molar-refractivity contribution in [1.29, 1.82) is 0 Å². The molecule has 2 amide bonds. The molecule has 6 nitrogen and oxygen atoms in total. The molecule has 0 saturated carbocycles. The molecule has 2 aliphatic rings. The monoisotopic (exact) mass is 303 g/mol. The second kappa shape index (κ2) is 6.25. The SMILES string of the molecule is O=C(O)N1CCCN(c2ccc(C(=O)N3CCC3)cc2)CC1. The number of anilines is 1. The van der Waals surface area contributed by atoms with Crippen LogP contribution in [0.25, 0.3) is 0 Å². The summed E-state index contributed by atoms with van der Waals surface area (Å²) < 4.78 is 0. The maximum atomic E-state index is 12.1. The lowest BCUT2D eigenvalue weighted by Gasteiger charge is -2.31. The highest BCUT2D eigenvalue weighted by Crippen LogP contribution is 2.19. The Kier molecular flexibility index (Phi) is 4.18. The van der Waals surface area contributed by atoms with Gasteiger partial charge in [0.15, 0.2) is 0 Å². The number of nitrogens with zero attached hydrogens (tertiary/aromatic N) is 3. The van der Waals surface area contributed by atoms with Gasteiger partial charge in [-0.1, -0.05) is 0 Å². The van der Waals surface area contributed by atoms with Gasteiger partial charge >= 0.3 is 6.09 Å². The second-order valence-corrected chi connectivity index (χ2v) is 5.80. The minimum atomic E-state index is -0.850. The molecule has 2 aliphatic heterocycles. The number of hydrogen-bond donors (Lipinski definition) is 1. The van der Waals surface area contributed by atoms with Gasteiger partial charge in [-0.2, -0.15) is 0 Å². The van der Waals surface area contributed by atoms with Crippen molar-refractivity contribution in [2.75, 3.05) is 44.2 Å². The summed E-state index contributed by atoms with van der Waals surface area (Å²) >= 11 is 0. The maximum absolute atomic E-state index is 12.1. The van der Waals surface area contributed by atoms with E-state index in [-0.39, 0.29) is 5.91 Å². The highest BCUT2D eigenvalue weighted by atomic mass is 16.4. The third kappa shape index (κ3) is 3.00. The molecule has 1 aromatic carbocycles. The Labute approximate surface area is 129 Å². The molecule has 0 aliphatic carbocycles. The number of carbonyl (C=O) groups is 2. The van der Waals surface area contributed by atoms with Crippen LogP contribution >= 0.6 is 0 Å². The second-order valence-electron chi connectivity index (χ2n) is 5.80. The Morgan fingerprint density at radius 3 is 2.05 bits per heavy atom. The minimum Gasteiger partial charge on any atom is -0.465 e. The molecule has 1 N–H and O–H groups in total. The largest absolute Gasteiger partial charge is 0.465 e. The predicted octanol–water partition coefficient (Wildman–Crippen LogP) is 1.72. The van der Waals surface area contributed by atoms with E-state index >= 15 is 0 Å². The number of carboxylic acid groups (broad SMARTS) is 1. The van der Waals surface area contributed by atoms with Crippen molar-refractivity contribution in [1.82, 2.24) is 9.80 Å². The van der Waals surface area contributed by atoms with Crippen LogP contribution in [-0.2, 0) is 0 Å². The van der Waals surface area contributed by atoms with Gasteiger partial charge in [-0.25, -0.2) is 4.79 Å². The quantitative estimate of drug-likeness (QED) is 0.903. The van der Waals surface area contributed by atoms with Crippen LogP contribution in [0.15, 0.2) is 24.3 Å². The number of hydrogen-bond acceptors (Lipinski definition) is 3. The standard InChI is InChI=1S/C16H21N3O3/c20-15(18-8-2-9-18)13-3-5-14(6-4-13)17-7-1-10-19(12-11-17)16(21)22/h3-6H,1-2,7-12H2,(H,21,22). The van der Waals surface area contributed by atoms with Crippen LogP contribution in [0.1, 0.15) is 23.2 Å². The molecular formula is C16H21N3O3. The number of carbonyl (C=O) groups excluding carboxylic acids is 1. The summed E-state index contributed by atoms with van der Waals surface area (Å²) in [5.74, 6) is 0.103. The molecule has 22 heavy (non-hydrogen) atoms. The zero-order valence-electron chi connectivity index (χ0n) is 12.6. The average molecular weight is 303 g/mol. The lowest BCUT2D eigenvalue weighted by atomic mass is 10.1. The van der Waals surface area contributed by atoms with Crippen LogP contribution in [0, 0.1) is 0 Å². The van der Waals surface area contributed by atoms with Crippen LogP contribution < -0.4 is 4.90 Å². The van der Waals surface area contributed by atoms with Crippen LogP contribution in [0.4, 0.5) is 10.5 Å². The fraction of sp³-hybridized carbons (Fsp3) is 0.500. The molecule has 0 bridgehead atoms. The Bertz CT molecular complexity index is 554. The number of benzene rings is 1. The normalized spacial score (nSPS) is 18.6. The fourth-order valence-electron chi connectivity index (χ4n) is 2.88. The number of likely N-dealkylation sites (tertiary alicyclic amines) is 1. The topological polar surface area (TPSA) is 64.1 Å². The van der Waals surface area contributed by atoms with Crippen LogP contribution in [0.2, 0.25) is 0 Å². The molecule has 0 unspecified atom stereocenters. The van der Waals surface area contributed by atoms with E-state index in [1.165, 1.54) is 4.90 Å². The van der Waals surface area contributed by atoms with Gasteiger partial charge in [-0.3, -0.25) is 4.79 Å². The Balaban J connectivity index is 1.64. The van der Waals surface area contributed by atoms with Gasteiger partial charge in [0.25, 0.3) is 5.91 Å². The summed E-state index contributed by atoms with van der Waals surface area (Å²) in [6.07, 6.45) is 1.07. The van der Waals surface area contributed by atoms with Gasteiger partial charge in [0.2, 0.25) is 0 Å². The van der Waals surface area contributed by atoms with E-state index in [0.29, 0.717) is 19.6 Å². The first-order valence-corrected chi connectivity index (χ1v) is 7.77. The maximum Gasteiger partial charge on any atom is 0.407 e. The van der Waals surface area contributed by atoms with E-state index in [2.05, 4.69) is 4.90 Å². The van der Waals surface area contributed by atoms with Gasteiger partial charge in [0.1, 0.15) is 0 Å². The van der Waals surface area contributed by atoms with E-state index < -0.39 is 6.09 Å². The third-order valence-electron chi connectivity index (χ3n) is 4.39. The molecule has 6 heteroatoms. The Morgan fingerprint density at radius 2 is 1.45 bits per heavy atom. The summed E-state index contributed by atoms with van der Waals surface area (Å²) in [5.41, 5.74) is 1.78. The number of rotatable bonds is 2. The van der Waals surface area contributed by atoms with E-state index in [1.807, 2.05) is 29.2 Å². The molecule has 2 heterocycles. The van der Waals surface area contributed by atoms with Crippen LogP contribution in [-0.4, -0.2) is 66.2 Å². The predicted molar refractivity (Wildman–Crippen MR) is 83.4 cm³/mol. The zero-order chi connectivity index (χ0) is 15.5. The highest BCUT2D eigenvalue weighted by Gasteiger charge is 2.22. The minimum absolute atomic E-state index is 0.103. The fourth-order valence-corrected chi connectivity index (χ4v) is 2.88. The van der Waals surface area contributed by atoms with Crippen LogP contribution in [0.5, 0.6) is 0 Å². The Morgan fingerprint density at radius 1 is 0.818 bits per heavy atom. The van der Waals surface area contributed by atoms with Gasteiger partial charge < -0.3 is 19.8 Å². The first-order chi connectivity index (χ1) is 10.6. The highest BCUT2D eigenvalue weighted by molar-refractivity contribution is 5.95. The van der Waals surface area contributed by atoms with Gasteiger partial charge in [-0.05, 0) is 37.1 Å². The lowest BCUT2D eigenvalue weighted by Crippen LogP contribution is -2.42. The number of amides is 2. The third-order valence-corrected chi connectivity index (χ3v) is 4.39. The molecule has 118 valence electrons. The first kappa shape index (κ1) is 14.7. The van der Waals surface area contributed by atoms with Crippen LogP contribution in [0.3, 0.4) is 0 Å². The summed E-state index contributed by atoms with van der Waals surface area (Å²) in [4.78, 5) is 28.7. The van der Waals surface area contributed by atoms with Crippen molar-refractivity contribution in [3.8, 4) is 0 Å². The average Bonchev–Trinajstić information content (AvgIpc) is 2.71. The van der Waals surface area contributed by atoms with E-state index in [1.54, 1.807) is 0 Å². The van der Waals surface area contributed by atoms with Crippen molar-refractivity contribution in [3.05, 3.63) is 29.8 Å². The van der Waals surface area contributed by atoms with Gasteiger partial charge in [0, 0.05) is 50.5 Å². The summed E-state index contributed by atoms with van der Waals surface area (Å²) in [6.45, 7) is 4.34. The van der Waals surface area contributed by atoms with Gasteiger partial charge in [-0.15, -0.1) is 0 Å². The lowest BCUT2D eigenvalue weighted by molar-refractivity contribution is 0.0652. The summed E-state index contributed by atoms with van der Waals surface area (Å²) in [7, 11) is 0. The van der Waals surface area contributed by atoms with Crippen molar-refractivity contribution in [3.63, 3.8) is 0 Å². The summed E-state index contributed by atoms with van der Waals surface area (Å²) in [6, 6.07) is 7.67. The molecule has 1 aromatic rings. The molecule has 0 radical (unpaired) electrons. The Hall–Kier alpha value is -2.24. The molecule has 0 spiro atoms. The van der Waals surface area contributed by atoms with Crippen molar-refractivity contribution in [2.24, 2.45) is 0 Å². The van der Waals surface area contributed by atoms with Crippen molar-refractivity contribution >= 4 is 17.7 Å². The van der Waals surface area contributed by atoms with Crippen molar-refractivity contribution in [2.45, 2.75) is 12.8 Å². The molecule has 0 aromatic heterocycles. The van der Waals surface area contributed by atoms with Crippen molar-refractivity contribution < 1.29 is 14.7 Å². The molecule has 2 saturated heterocycles. The smallest absolute Gasteiger partial charge is 0.407 e. The van der Waals surface area contributed by atoms with E-state index in [0.717, 1.165) is 43.7 Å². The first-order valence-electron chi connectivity index (χ1n) is 7.77. The molecule has 3 rings (SSSR count).